The first-order valence-electron chi connectivity index (χ1n) is 5.94. The summed E-state index contributed by atoms with van der Waals surface area (Å²) in [6.45, 7) is 0.772. The fourth-order valence-corrected chi connectivity index (χ4v) is 1.41. The Morgan fingerprint density at radius 1 is 1.33 bits per heavy atom. The van der Waals surface area contributed by atoms with Gasteiger partial charge in [-0.25, -0.2) is 4.98 Å². The van der Waals surface area contributed by atoms with E-state index in [2.05, 4.69) is 20.0 Å². The smallest absolute Gasteiger partial charge is 0.305 e. The number of carbonyl (C=O) groups excluding carboxylic acids is 1. The van der Waals surface area contributed by atoms with Gasteiger partial charge in [0.15, 0.2) is 0 Å². The summed E-state index contributed by atoms with van der Waals surface area (Å²) in [7, 11) is 2.98. The van der Waals surface area contributed by atoms with Crippen LogP contribution in [0.4, 0.5) is 5.95 Å². The molecule has 0 unspecified atom stereocenters. The van der Waals surface area contributed by atoms with Gasteiger partial charge in [0.05, 0.1) is 14.2 Å². The van der Waals surface area contributed by atoms with Gasteiger partial charge < -0.3 is 14.8 Å². The zero-order chi connectivity index (χ0) is 13.2. The van der Waals surface area contributed by atoms with Crippen LogP contribution < -0.4 is 10.1 Å². The van der Waals surface area contributed by atoms with Crippen molar-refractivity contribution in [1.29, 1.82) is 0 Å². The molecule has 0 fully saturated rings. The number of rotatable bonds is 8. The number of anilines is 1. The zero-order valence-electron chi connectivity index (χ0n) is 10.8. The van der Waals surface area contributed by atoms with Gasteiger partial charge in [0.1, 0.15) is 0 Å². The predicted octanol–water partition coefficient (Wildman–Crippen LogP) is 1.63. The molecule has 0 amide bonds. The van der Waals surface area contributed by atoms with Crippen LogP contribution in [0, 0.1) is 0 Å². The van der Waals surface area contributed by atoms with E-state index in [-0.39, 0.29) is 5.97 Å². The highest BCUT2D eigenvalue weighted by atomic mass is 16.5. The van der Waals surface area contributed by atoms with Crippen LogP contribution in [0.1, 0.15) is 25.7 Å². The summed E-state index contributed by atoms with van der Waals surface area (Å²) in [5.41, 5.74) is 0. The number of esters is 1. The van der Waals surface area contributed by atoms with Crippen LogP contribution in [-0.2, 0) is 9.53 Å². The maximum Gasteiger partial charge on any atom is 0.305 e. The summed E-state index contributed by atoms with van der Waals surface area (Å²) < 4.78 is 9.56. The number of nitrogens with zero attached hydrogens (tertiary/aromatic N) is 2. The predicted molar refractivity (Wildman–Crippen MR) is 67.6 cm³/mol. The normalized spacial score (nSPS) is 9.89. The first kappa shape index (κ1) is 14.2. The molecule has 0 radical (unpaired) electrons. The Morgan fingerprint density at radius 2 is 2.17 bits per heavy atom. The minimum atomic E-state index is -0.154. The van der Waals surface area contributed by atoms with E-state index in [0.717, 1.165) is 25.8 Å². The van der Waals surface area contributed by atoms with Gasteiger partial charge in [-0.2, -0.15) is 4.98 Å². The van der Waals surface area contributed by atoms with Crippen LogP contribution in [-0.4, -0.2) is 36.7 Å². The second kappa shape index (κ2) is 8.27. The minimum absolute atomic E-state index is 0.154. The van der Waals surface area contributed by atoms with E-state index in [1.54, 1.807) is 19.4 Å². The van der Waals surface area contributed by atoms with E-state index in [9.17, 15) is 4.79 Å². The maximum absolute atomic E-state index is 10.9. The lowest BCUT2D eigenvalue weighted by Gasteiger charge is -2.05. The number of hydrogen-bond donors (Lipinski definition) is 1. The van der Waals surface area contributed by atoms with E-state index in [4.69, 9.17) is 4.74 Å². The Kier molecular flexibility index (Phi) is 6.53. The summed E-state index contributed by atoms with van der Waals surface area (Å²) in [6, 6.07) is 1.70. The molecule has 0 bridgehead atoms. The lowest BCUT2D eigenvalue weighted by atomic mass is 10.2. The molecule has 0 aromatic carbocycles. The third kappa shape index (κ3) is 5.47. The highest BCUT2D eigenvalue weighted by Crippen LogP contribution is 2.07. The molecule has 1 N–H and O–H groups in total. The fourth-order valence-electron chi connectivity index (χ4n) is 1.41. The van der Waals surface area contributed by atoms with E-state index in [0.29, 0.717) is 18.2 Å². The molecular weight excluding hydrogens is 234 g/mol. The maximum atomic E-state index is 10.9. The van der Waals surface area contributed by atoms with Gasteiger partial charge in [0.25, 0.3) is 0 Å². The van der Waals surface area contributed by atoms with Crippen molar-refractivity contribution in [2.75, 3.05) is 26.1 Å². The molecule has 1 heterocycles. The summed E-state index contributed by atoms with van der Waals surface area (Å²) >= 11 is 0. The summed E-state index contributed by atoms with van der Waals surface area (Å²) in [4.78, 5) is 19.1. The largest absolute Gasteiger partial charge is 0.481 e. The molecule has 1 aromatic heterocycles. The van der Waals surface area contributed by atoms with Crippen LogP contribution in [0.15, 0.2) is 12.3 Å². The number of methoxy groups -OCH3 is 2. The molecule has 0 atom stereocenters. The molecule has 100 valence electrons. The van der Waals surface area contributed by atoms with Crippen molar-refractivity contribution in [3.8, 4) is 5.88 Å². The highest BCUT2D eigenvalue weighted by molar-refractivity contribution is 5.68. The SMILES string of the molecule is COC(=O)CCCCCNc1nccc(OC)n1. The van der Waals surface area contributed by atoms with E-state index in [1.807, 2.05) is 0 Å². The van der Waals surface area contributed by atoms with Crippen molar-refractivity contribution in [2.24, 2.45) is 0 Å². The molecule has 0 aliphatic rings. The number of hydrogen-bond acceptors (Lipinski definition) is 6. The lowest BCUT2D eigenvalue weighted by Crippen LogP contribution is -2.06. The van der Waals surface area contributed by atoms with Gasteiger partial charge in [0, 0.05) is 25.2 Å². The molecule has 0 saturated carbocycles. The van der Waals surface area contributed by atoms with Crippen LogP contribution in [0.25, 0.3) is 0 Å². The number of unbranched alkanes of at least 4 members (excludes halogenated alkanes) is 2. The van der Waals surface area contributed by atoms with E-state index < -0.39 is 0 Å². The van der Waals surface area contributed by atoms with Crippen LogP contribution in [0.5, 0.6) is 5.88 Å². The fraction of sp³-hybridized carbons (Fsp3) is 0.583. The molecular formula is C12H19N3O3. The van der Waals surface area contributed by atoms with Crippen molar-refractivity contribution in [3.63, 3.8) is 0 Å². The molecule has 18 heavy (non-hydrogen) atoms. The van der Waals surface area contributed by atoms with Gasteiger partial charge in [-0.15, -0.1) is 0 Å². The van der Waals surface area contributed by atoms with Gasteiger partial charge >= 0.3 is 5.97 Å². The monoisotopic (exact) mass is 253 g/mol. The molecule has 0 aliphatic carbocycles. The Morgan fingerprint density at radius 3 is 2.89 bits per heavy atom. The second-order valence-corrected chi connectivity index (χ2v) is 3.74. The summed E-state index contributed by atoms with van der Waals surface area (Å²) in [5, 5.41) is 3.10. The Bertz CT molecular complexity index is 371. The average molecular weight is 253 g/mol. The van der Waals surface area contributed by atoms with Crippen LogP contribution in [0.3, 0.4) is 0 Å². The Balaban J connectivity index is 2.12. The van der Waals surface area contributed by atoms with Crippen molar-refractivity contribution in [1.82, 2.24) is 9.97 Å². The minimum Gasteiger partial charge on any atom is -0.481 e. The molecule has 6 heteroatoms. The third-order valence-electron chi connectivity index (χ3n) is 2.41. The summed E-state index contributed by atoms with van der Waals surface area (Å²) in [5.74, 6) is 0.944. The van der Waals surface area contributed by atoms with Crippen molar-refractivity contribution < 1.29 is 14.3 Å². The third-order valence-corrected chi connectivity index (χ3v) is 2.41. The van der Waals surface area contributed by atoms with Gasteiger partial charge in [-0.3, -0.25) is 4.79 Å². The van der Waals surface area contributed by atoms with E-state index >= 15 is 0 Å². The molecule has 0 spiro atoms. The van der Waals surface area contributed by atoms with Crippen molar-refractivity contribution in [3.05, 3.63) is 12.3 Å². The standard InChI is InChI=1S/C12H19N3O3/c1-17-10-7-9-14-12(15-10)13-8-5-3-4-6-11(16)18-2/h7,9H,3-6,8H2,1-2H3,(H,13,14,15). The Hall–Kier alpha value is -1.85. The van der Waals surface area contributed by atoms with Crippen LogP contribution in [0.2, 0.25) is 0 Å². The summed E-state index contributed by atoms with van der Waals surface area (Å²) in [6.07, 6.45) is 4.88. The molecule has 0 saturated heterocycles. The molecule has 1 rings (SSSR count). The average Bonchev–Trinajstić information content (AvgIpc) is 2.42. The van der Waals surface area contributed by atoms with Gasteiger partial charge in [-0.1, -0.05) is 6.42 Å². The zero-order valence-corrected chi connectivity index (χ0v) is 10.8. The number of nitrogens with one attached hydrogen (secondary N) is 1. The van der Waals surface area contributed by atoms with E-state index in [1.165, 1.54) is 7.11 Å². The van der Waals surface area contributed by atoms with Crippen molar-refractivity contribution in [2.45, 2.75) is 25.7 Å². The number of aromatic nitrogens is 2. The quantitative estimate of drug-likeness (QED) is 0.560. The Labute approximate surface area is 107 Å². The van der Waals surface area contributed by atoms with Crippen LogP contribution >= 0.6 is 0 Å². The number of carbonyl (C=O) groups is 1. The highest BCUT2D eigenvalue weighted by Gasteiger charge is 2.00. The first-order valence-corrected chi connectivity index (χ1v) is 5.94. The molecule has 1 aromatic rings. The van der Waals surface area contributed by atoms with Crippen molar-refractivity contribution >= 4 is 11.9 Å². The van der Waals surface area contributed by atoms with Gasteiger partial charge in [-0.05, 0) is 12.8 Å². The molecule has 6 nitrogen and oxygen atoms in total. The topological polar surface area (TPSA) is 73.3 Å². The number of ether oxygens (including phenoxy) is 2. The lowest BCUT2D eigenvalue weighted by molar-refractivity contribution is -0.140. The first-order chi connectivity index (χ1) is 8.76. The van der Waals surface area contributed by atoms with Gasteiger partial charge in [0.2, 0.25) is 11.8 Å². The second-order valence-electron chi connectivity index (χ2n) is 3.74. The molecule has 0 aliphatic heterocycles.